The molecule has 2 aliphatic heterocycles. The number of amides is 1. The molecule has 3 aromatic rings. The number of likely N-dealkylation sites (tertiary alicyclic amines) is 1. The molecule has 0 radical (unpaired) electrons. The third-order valence-electron chi connectivity index (χ3n) is 7.71. The van der Waals surface area contributed by atoms with Crippen LogP contribution in [-0.2, 0) is 0 Å². The molecule has 0 aliphatic carbocycles. The van der Waals surface area contributed by atoms with Crippen LogP contribution in [0, 0.1) is 5.92 Å². The average Bonchev–Trinajstić information content (AvgIpc) is 2.94. The molecule has 214 valence electrons. The minimum absolute atomic E-state index is 0.202. The number of piperidine rings is 1. The maximum Gasteiger partial charge on any atom is 0.253 e. The second kappa shape index (κ2) is 12.3. The molecule has 0 bridgehead atoms. The topological polar surface area (TPSA) is 77.5 Å². The molecule has 40 heavy (non-hydrogen) atoms. The maximum atomic E-state index is 14.0. The molecular weight excluding hydrogens is 536 g/mol. The van der Waals surface area contributed by atoms with E-state index in [0.717, 1.165) is 38.3 Å². The molecule has 11 heteroatoms. The van der Waals surface area contributed by atoms with Crippen molar-refractivity contribution in [2.75, 3.05) is 57.3 Å². The van der Waals surface area contributed by atoms with Gasteiger partial charge in [0.1, 0.15) is 0 Å². The molecule has 1 N–H and O–H groups in total. The summed E-state index contributed by atoms with van der Waals surface area (Å²) in [5, 5.41) is 3.98. The molecule has 8 nitrogen and oxygen atoms in total. The highest BCUT2D eigenvalue weighted by atomic mass is 35.5. The number of carbonyl (C=O) groups is 1. The largest absolute Gasteiger partial charge is 0.350 e. The van der Waals surface area contributed by atoms with E-state index in [1.54, 1.807) is 36.8 Å². The quantitative estimate of drug-likeness (QED) is 0.421. The fourth-order valence-electron chi connectivity index (χ4n) is 5.57. The molecule has 2 saturated heterocycles. The first-order valence-corrected chi connectivity index (χ1v) is 14.3. The number of alkyl halides is 2. The number of nitrogens with one attached hydrogen (secondary N) is 1. The van der Waals surface area contributed by atoms with Gasteiger partial charge in [0.15, 0.2) is 0 Å². The van der Waals surface area contributed by atoms with Crippen molar-refractivity contribution in [2.24, 2.45) is 5.92 Å². The van der Waals surface area contributed by atoms with Gasteiger partial charge in [-0.05, 0) is 24.1 Å². The van der Waals surface area contributed by atoms with E-state index in [9.17, 15) is 13.6 Å². The molecule has 1 aromatic carbocycles. The molecule has 4 heterocycles. The van der Waals surface area contributed by atoms with E-state index in [-0.39, 0.29) is 44.4 Å². The summed E-state index contributed by atoms with van der Waals surface area (Å²) < 4.78 is 28.0. The number of carbonyl (C=O) groups excluding carboxylic acids is 1. The summed E-state index contributed by atoms with van der Waals surface area (Å²) in [6.45, 7) is 9.80. The van der Waals surface area contributed by atoms with Gasteiger partial charge in [-0.15, -0.1) is 0 Å². The van der Waals surface area contributed by atoms with E-state index < -0.39 is 5.92 Å². The summed E-state index contributed by atoms with van der Waals surface area (Å²) in [5.74, 6) is -1.72. The molecule has 1 atom stereocenters. The van der Waals surface area contributed by atoms with Crippen LogP contribution in [0.25, 0.3) is 10.9 Å². The Morgan fingerprint density at radius 2 is 1.73 bits per heavy atom. The van der Waals surface area contributed by atoms with Crippen LogP contribution in [0.4, 0.5) is 14.7 Å². The summed E-state index contributed by atoms with van der Waals surface area (Å²) in [6, 6.07) is 6.64. The van der Waals surface area contributed by atoms with E-state index in [0.29, 0.717) is 33.4 Å². The standard InChI is InChI=1S/C29H36ClF2N7O/c1-20(2)19-37-12-14-39(15-13-37)28-35-16-21(17-36-28)25(38-10-7-29(31,32)8-11-38)18-34-27(40)26-22-4-3-9-33-24(22)6-5-23(26)30/h3-6,9,16-17,20,25H,7-8,10-15,18-19H2,1-2H3,(H,34,40). The number of pyridine rings is 1. The van der Waals surface area contributed by atoms with Crippen LogP contribution in [0.3, 0.4) is 0 Å². The van der Waals surface area contributed by atoms with Crippen LogP contribution in [0.1, 0.15) is 48.7 Å². The second-order valence-corrected chi connectivity index (χ2v) is 11.5. The highest BCUT2D eigenvalue weighted by Gasteiger charge is 2.37. The van der Waals surface area contributed by atoms with Gasteiger partial charge in [0, 0.05) is 94.7 Å². The van der Waals surface area contributed by atoms with E-state index in [2.05, 4.69) is 43.9 Å². The lowest BCUT2D eigenvalue weighted by Gasteiger charge is -2.38. The summed E-state index contributed by atoms with van der Waals surface area (Å²) >= 11 is 6.43. The highest BCUT2D eigenvalue weighted by Crippen LogP contribution is 2.32. The summed E-state index contributed by atoms with van der Waals surface area (Å²) in [5.41, 5.74) is 1.79. The Labute approximate surface area is 238 Å². The Hall–Kier alpha value is -2.95. The molecular formula is C29H36ClF2N7O. The van der Waals surface area contributed by atoms with Crippen molar-refractivity contribution in [3.05, 3.63) is 59.0 Å². The van der Waals surface area contributed by atoms with Crippen molar-refractivity contribution in [1.29, 1.82) is 0 Å². The maximum absolute atomic E-state index is 14.0. The van der Waals surface area contributed by atoms with Gasteiger partial charge < -0.3 is 10.2 Å². The van der Waals surface area contributed by atoms with Crippen LogP contribution in [0.15, 0.2) is 42.9 Å². The number of aromatic nitrogens is 3. The van der Waals surface area contributed by atoms with Crippen molar-refractivity contribution in [2.45, 2.75) is 38.7 Å². The Morgan fingerprint density at radius 1 is 1.02 bits per heavy atom. The Bertz CT molecular complexity index is 1310. The minimum Gasteiger partial charge on any atom is -0.350 e. The van der Waals surface area contributed by atoms with E-state index >= 15 is 0 Å². The lowest BCUT2D eigenvalue weighted by atomic mass is 10.0. The normalized spacial score (nSPS) is 19.2. The number of benzene rings is 1. The van der Waals surface area contributed by atoms with Gasteiger partial charge in [0.05, 0.1) is 22.1 Å². The zero-order valence-corrected chi connectivity index (χ0v) is 23.7. The van der Waals surface area contributed by atoms with Crippen LogP contribution in [0.2, 0.25) is 5.02 Å². The number of hydrogen-bond acceptors (Lipinski definition) is 7. The lowest BCUT2D eigenvalue weighted by Crippen LogP contribution is -2.48. The van der Waals surface area contributed by atoms with Crippen LogP contribution in [0.5, 0.6) is 0 Å². The molecule has 5 rings (SSSR count). The van der Waals surface area contributed by atoms with Gasteiger partial charge in [-0.25, -0.2) is 18.7 Å². The molecule has 0 spiro atoms. The molecule has 2 aliphatic rings. The molecule has 2 fully saturated rings. The fraction of sp³-hybridized carbons (Fsp3) is 0.517. The first-order chi connectivity index (χ1) is 19.2. The number of hydrogen-bond donors (Lipinski definition) is 1. The van der Waals surface area contributed by atoms with Gasteiger partial charge in [0.2, 0.25) is 5.95 Å². The van der Waals surface area contributed by atoms with Crippen LogP contribution in [-0.4, -0.2) is 88.9 Å². The molecule has 2 aromatic heterocycles. The summed E-state index contributed by atoms with van der Waals surface area (Å²) in [7, 11) is 0. The van der Waals surface area contributed by atoms with Gasteiger partial charge >= 0.3 is 0 Å². The summed E-state index contributed by atoms with van der Waals surface area (Å²) in [4.78, 5) is 33.6. The first kappa shape index (κ1) is 28.6. The average molecular weight is 572 g/mol. The predicted octanol–water partition coefficient (Wildman–Crippen LogP) is 4.66. The number of piperazine rings is 1. The van der Waals surface area contributed by atoms with E-state index in [1.807, 2.05) is 11.0 Å². The predicted molar refractivity (Wildman–Crippen MR) is 153 cm³/mol. The number of nitrogens with zero attached hydrogens (tertiary/aromatic N) is 6. The first-order valence-electron chi connectivity index (χ1n) is 13.9. The summed E-state index contributed by atoms with van der Waals surface area (Å²) in [6.07, 6.45) is 4.74. The number of halogens is 3. The van der Waals surface area contributed by atoms with Crippen molar-refractivity contribution in [3.63, 3.8) is 0 Å². The van der Waals surface area contributed by atoms with Gasteiger partial charge in [-0.3, -0.25) is 19.6 Å². The molecule has 1 unspecified atom stereocenters. The Morgan fingerprint density at radius 3 is 2.40 bits per heavy atom. The minimum atomic E-state index is -2.67. The number of anilines is 1. The van der Waals surface area contributed by atoms with E-state index in [1.165, 1.54) is 0 Å². The third-order valence-corrected chi connectivity index (χ3v) is 8.02. The van der Waals surface area contributed by atoms with Crippen molar-refractivity contribution in [3.8, 4) is 0 Å². The monoisotopic (exact) mass is 571 g/mol. The number of rotatable bonds is 8. The van der Waals surface area contributed by atoms with Crippen LogP contribution >= 0.6 is 11.6 Å². The van der Waals surface area contributed by atoms with E-state index in [4.69, 9.17) is 11.6 Å². The SMILES string of the molecule is CC(C)CN1CCN(c2ncc(C(CNC(=O)c3c(Cl)ccc4ncccc34)N3CCC(F)(F)CC3)cn2)CC1. The highest BCUT2D eigenvalue weighted by molar-refractivity contribution is 6.35. The lowest BCUT2D eigenvalue weighted by molar-refractivity contribution is -0.0632. The smallest absolute Gasteiger partial charge is 0.253 e. The van der Waals surface area contributed by atoms with Crippen molar-refractivity contribution in [1.82, 2.24) is 30.1 Å². The fourth-order valence-corrected chi connectivity index (χ4v) is 5.82. The van der Waals surface area contributed by atoms with Crippen LogP contribution < -0.4 is 10.2 Å². The zero-order valence-electron chi connectivity index (χ0n) is 23.0. The molecule has 1 amide bonds. The van der Waals surface area contributed by atoms with Gasteiger partial charge in [0.25, 0.3) is 11.8 Å². The Balaban J connectivity index is 1.32. The van der Waals surface area contributed by atoms with Crippen molar-refractivity contribution < 1.29 is 13.6 Å². The van der Waals surface area contributed by atoms with Gasteiger partial charge in [-0.1, -0.05) is 31.5 Å². The number of fused-ring (bicyclic) bond motifs is 1. The Kier molecular flexibility index (Phi) is 8.77. The molecule has 0 saturated carbocycles. The van der Waals surface area contributed by atoms with Gasteiger partial charge in [-0.2, -0.15) is 0 Å². The van der Waals surface area contributed by atoms with Crippen molar-refractivity contribution >= 4 is 34.4 Å². The third kappa shape index (κ3) is 6.67. The zero-order chi connectivity index (χ0) is 28.3. The second-order valence-electron chi connectivity index (χ2n) is 11.1.